The standard InChI is InChI=1S/C23H25FN4O2/c1-15-6-5-11-27(13-15)22-18-7-3-4-8-20(18)28(23(30)26-22)14-21(29)25-19-12-17(24)10-9-16(19)2/h3-4,7-10,12,15H,5-6,11,13-14H2,1-2H3,(H,25,29)/t15-/m1/s1. The van der Waals surface area contributed by atoms with E-state index in [4.69, 9.17) is 0 Å². The van der Waals surface area contributed by atoms with Crippen molar-refractivity contribution in [2.24, 2.45) is 5.92 Å². The molecule has 0 spiro atoms. The highest BCUT2D eigenvalue weighted by Crippen LogP contribution is 2.27. The molecule has 0 saturated carbocycles. The molecule has 30 heavy (non-hydrogen) atoms. The van der Waals surface area contributed by atoms with Gasteiger partial charge >= 0.3 is 5.69 Å². The highest BCUT2D eigenvalue weighted by atomic mass is 19.1. The second-order valence-electron chi connectivity index (χ2n) is 8.02. The Kier molecular flexibility index (Phi) is 5.53. The van der Waals surface area contributed by atoms with Gasteiger partial charge < -0.3 is 10.2 Å². The van der Waals surface area contributed by atoms with E-state index < -0.39 is 17.4 Å². The van der Waals surface area contributed by atoms with Gasteiger partial charge in [0.15, 0.2) is 0 Å². The normalized spacial score (nSPS) is 16.6. The van der Waals surface area contributed by atoms with Gasteiger partial charge in [0.05, 0.1) is 5.52 Å². The van der Waals surface area contributed by atoms with Crippen LogP contribution in [0.1, 0.15) is 25.3 Å². The fraction of sp³-hybridized carbons (Fsp3) is 0.348. The van der Waals surface area contributed by atoms with Gasteiger partial charge in [-0.1, -0.05) is 25.1 Å². The number of para-hydroxylation sites is 1. The van der Waals surface area contributed by atoms with Gasteiger partial charge in [0, 0.05) is 24.2 Å². The summed E-state index contributed by atoms with van der Waals surface area (Å²) in [6.45, 7) is 5.52. The second kappa shape index (κ2) is 8.26. The summed E-state index contributed by atoms with van der Waals surface area (Å²) in [6.07, 6.45) is 2.24. The van der Waals surface area contributed by atoms with Gasteiger partial charge in [-0.05, 0) is 55.5 Å². The van der Waals surface area contributed by atoms with E-state index in [0.29, 0.717) is 22.9 Å². The number of halogens is 1. The van der Waals surface area contributed by atoms with Gasteiger partial charge in [-0.3, -0.25) is 9.36 Å². The number of amides is 1. The number of benzene rings is 2. The van der Waals surface area contributed by atoms with Crippen LogP contribution in [0.25, 0.3) is 10.9 Å². The summed E-state index contributed by atoms with van der Waals surface area (Å²) >= 11 is 0. The maximum Gasteiger partial charge on any atom is 0.350 e. The van der Waals surface area contributed by atoms with E-state index in [1.165, 1.54) is 23.1 Å². The molecule has 2 heterocycles. The summed E-state index contributed by atoms with van der Waals surface area (Å²) in [4.78, 5) is 32.0. The first-order valence-electron chi connectivity index (χ1n) is 10.2. The summed E-state index contributed by atoms with van der Waals surface area (Å²) in [6, 6.07) is 11.7. The van der Waals surface area contributed by atoms with Crippen molar-refractivity contribution >= 4 is 28.3 Å². The first-order valence-corrected chi connectivity index (χ1v) is 10.2. The number of carbonyl (C=O) groups excluding carboxylic acids is 1. The molecule has 0 unspecified atom stereocenters. The number of hydrogen-bond acceptors (Lipinski definition) is 4. The van der Waals surface area contributed by atoms with Crippen molar-refractivity contribution in [3.8, 4) is 0 Å². The van der Waals surface area contributed by atoms with Crippen molar-refractivity contribution in [1.82, 2.24) is 9.55 Å². The second-order valence-corrected chi connectivity index (χ2v) is 8.02. The van der Waals surface area contributed by atoms with Crippen molar-refractivity contribution < 1.29 is 9.18 Å². The molecule has 1 atom stereocenters. The molecule has 1 aliphatic rings. The molecule has 1 aromatic heterocycles. The number of fused-ring (bicyclic) bond motifs is 1. The van der Waals surface area contributed by atoms with Crippen molar-refractivity contribution in [3.05, 3.63) is 64.3 Å². The molecule has 1 fully saturated rings. The third-order valence-corrected chi connectivity index (χ3v) is 5.60. The maximum absolute atomic E-state index is 13.5. The van der Waals surface area contributed by atoms with E-state index >= 15 is 0 Å². The summed E-state index contributed by atoms with van der Waals surface area (Å²) in [7, 11) is 0. The van der Waals surface area contributed by atoms with Crippen LogP contribution >= 0.6 is 0 Å². The third kappa shape index (κ3) is 4.06. The monoisotopic (exact) mass is 408 g/mol. The number of carbonyl (C=O) groups is 1. The van der Waals surface area contributed by atoms with E-state index in [1.54, 1.807) is 13.0 Å². The quantitative estimate of drug-likeness (QED) is 0.715. The van der Waals surface area contributed by atoms with Crippen LogP contribution in [0.5, 0.6) is 0 Å². The Morgan fingerprint density at radius 3 is 2.87 bits per heavy atom. The summed E-state index contributed by atoms with van der Waals surface area (Å²) in [5, 5.41) is 3.55. The van der Waals surface area contributed by atoms with Crippen LogP contribution in [0, 0.1) is 18.7 Å². The lowest BCUT2D eigenvalue weighted by atomic mass is 10.00. The van der Waals surface area contributed by atoms with Crippen LogP contribution in [0.3, 0.4) is 0 Å². The van der Waals surface area contributed by atoms with Crippen LogP contribution in [0.2, 0.25) is 0 Å². The van der Waals surface area contributed by atoms with Crippen molar-refractivity contribution in [2.45, 2.75) is 33.2 Å². The van der Waals surface area contributed by atoms with E-state index in [-0.39, 0.29) is 6.54 Å². The zero-order chi connectivity index (χ0) is 21.3. The van der Waals surface area contributed by atoms with E-state index in [0.717, 1.165) is 30.5 Å². The Balaban J connectivity index is 1.67. The average molecular weight is 408 g/mol. The van der Waals surface area contributed by atoms with Gasteiger partial charge in [0.25, 0.3) is 0 Å². The molecule has 1 saturated heterocycles. The number of nitrogens with zero attached hydrogens (tertiary/aromatic N) is 3. The van der Waals surface area contributed by atoms with Gasteiger partial charge in [-0.25, -0.2) is 9.18 Å². The number of piperidine rings is 1. The number of nitrogens with one attached hydrogen (secondary N) is 1. The predicted octanol–water partition coefficient (Wildman–Crippen LogP) is 3.72. The molecule has 0 radical (unpaired) electrons. The predicted molar refractivity (Wildman–Crippen MR) is 116 cm³/mol. The molecule has 2 aromatic carbocycles. The minimum absolute atomic E-state index is 0.195. The highest BCUT2D eigenvalue weighted by molar-refractivity contribution is 5.94. The number of rotatable bonds is 4. The van der Waals surface area contributed by atoms with Crippen molar-refractivity contribution in [2.75, 3.05) is 23.3 Å². The molecular formula is C23H25FN4O2. The number of aryl methyl sites for hydroxylation is 1. The van der Waals surface area contributed by atoms with Crippen LogP contribution in [-0.2, 0) is 11.3 Å². The maximum atomic E-state index is 13.5. The SMILES string of the molecule is Cc1ccc(F)cc1NC(=O)Cn1c(=O)nc(N2CCC[C@@H](C)C2)c2ccccc21. The molecule has 1 N–H and O–H groups in total. The zero-order valence-corrected chi connectivity index (χ0v) is 17.2. The van der Waals surface area contributed by atoms with Crippen LogP contribution in [0.15, 0.2) is 47.3 Å². The lowest BCUT2D eigenvalue weighted by molar-refractivity contribution is -0.116. The van der Waals surface area contributed by atoms with E-state index in [9.17, 15) is 14.0 Å². The van der Waals surface area contributed by atoms with Gasteiger partial charge in [0.1, 0.15) is 18.2 Å². The molecule has 3 aromatic rings. The Morgan fingerprint density at radius 1 is 1.27 bits per heavy atom. The molecular weight excluding hydrogens is 383 g/mol. The fourth-order valence-electron chi connectivity index (χ4n) is 4.05. The molecule has 156 valence electrons. The summed E-state index contributed by atoms with van der Waals surface area (Å²) in [5.41, 5.74) is 1.34. The first-order chi connectivity index (χ1) is 14.4. The zero-order valence-electron chi connectivity index (χ0n) is 17.2. The Bertz CT molecular complexity index is 1160. The number of aromatic nitrogens is 2. The molecule has 1 amide bonds. The molecule has 1 aliphatic heterocycles. The fourth-order valence-corrected chi connectivity index (χ4v) is 4.05. The van der Waals surface area contributed by atoms with Crippen molar-refractivity contribution in [1.29, 1.82) is 0 Å². The van der Waals surface area contributed by atoms with Gasteiger partial charge in [0.2, 0.25) is 5.91 Å². The average Bonchev–Trinajstić information content (AvgIpc) is 2.72. The summed E-state index contributed by atoms with van der Waals surface area (Å²) in [5.74, 6) is 0.388. The Hall–Kier alpha value is -3.22. The van der Waals surface area contributed by atoms with Crippen molar-refractivity contribution in [3.63, 3.8) is 0 Å². The minimum Gasteiger partial charge on any atom is -0.356 e. The molecule has 4 rings (SSSR count). The Labute approximate surface area is 174 Å². The Morgan fingerprint density at radius 2 is 2.07 bits per heavy atom. The minimum atomic E-state index is -0.465. The lowest BCUT2D eigenvalue weighted by Crippen LogP contribution is -2.38. The van der Waals surface area contributed by atoms with E-state index in [2.05, 4.69) is 22.1 Å². The van der Waals surface area contributed by atoms with Gasteiger partial charge in [-0.15, -0.1) is 0 Å². The summed E-state index contributed by atoms with van der Waals surface area (Å²) < 4.78 is 14.9. The molecule has 0 aliphatic carbocycles. The van der Waals surface area contributed by atoms with Crippen LogP contribution in [-0.4, -0.2) is 28.5 Å². The molecule has 6 nitrogen and oxygen atoms in total. The van der Waals surface area contributed by atoms with E-state index in [1.807, 2.05) is 24.3 Å². The molecule has 0 bridgehead atoms. The largest absolute Gasteiger partial charge is 0.356 e. The third-order valence-electron chi connectivity index (χ3n) is 5.60. The van der Waals surface area contributed by atoms with Crippen LogP contribution < -0.4 is 15.9 Å². The van der Waals surface area contributed by atoms with Gasteiger partial charge in [-0.2, -0.15) is 4.98 Å². The van der Waals surface area contributed by atoms with Crippen LogP contribution in [0.4, 0.5) is 15.9 Å². The lowest BCUT2D eigenvalue weighted by Gasteiger charge is -2.32. The first kappa shape index (κ1) is 20.1. The molecule has 7 heteroatoms. The topological polar surface area (TPSA) is 67.2 Å². The smallest absolute Gasteiger partial charge is 0.350 e. The number of hydrogen-bond donors (Lipinski definition) is 1. The number of anilines is 2. The highest BCUT2D eigenvalue weighted by Gasteiger charge is 2.22.